The summed E-state index contributed by atoms with van der Waals surface area (Å²) >= 11 is 0. The van der Waals surface area contributed by atoms with Gasteiger partial charge >= 0.3 is 0 Å². The number of carbonyl (C=O) groups is 2. The Balaban J connectivity index is 1.67. The van der Waals surface area contributed by atoms with Crippen LogP contribution in [0.2, 0.25) is 0 Å². The number of rotatable bonds is 4. The average molecular weight is 391 g/mol. The van der Waals surface area contributed by atoms with Crippen molar-refractivity contribution < 1.29 is 14.3 Å². The minimum Gasteiger partial charge on any atom is -0.379 e. The van der Waals surface area contributed by atoms with Gasteiger partial charge in [-0.25, -0.2) is 0 Å². The minimum absolute atomic E-state index is 0.0360. The number of hydrogen-bond acceptors (Lipinski definition) is 4. The molecule has 2 amide bonds. The number of ether oxygens (including phenoxy) is 1. The molecular formula is C23H25N3O3. The van der Waals surface area contributed by atoms with Crippen LogP contribution in [0.15, 0.2) is 42.5 Å². The summed E-state index contributed by atoms with van der Waals surface area (Å²) in [4.78, 5) is 29.0. The zero-order valence-electron chi connectivity index (χ0n) is 16.6. The number of nitrogens with one attached hydrogen (secondary N) is 1. The molecular weight excluding hydrogens is 366 g/mol. The van der Waals surface area contributed by atoms with Gasteiger partial charge in [-0.1, -0.05) is 36.4 Å². The van der Waals surface area contributed by atoms with Gasteiger partial charge in [0, 0.05) is 38.7 Å². The predicted molar refractivity (Wildman–Crippen MR) is 115 cm³/mol. The van der Waals surface area contributed by atoms with Crippen LogP contribution >= 0.6 is 0 Å². The first-order chi connectivity index (χ1) is 14.1. The van der Waals surface area contributed by atoms with Gasteiger partial charge in [-0.15, -0.1) is 0 Å². The summed E-state index contributed by atoms with van der Waals surface area (Å²) in [6, 6.07) is 13.6. The lowest BCUT2D eigenvalue weighted by atomic mass is 10.1. The maximum atomic E-state index is 13.4. The summed E-state index contributed by atoms with van der Waals surface area (Å²) in [5.41, 5.74) is 4.24. The van der Waals surface area contributed by atoms with Crippen molar-refractivity contribution in [2.45, 2.75) is 13.3 Å². The molecule has 1 fully saturated rings. The van der Waals surface area contributed by atoms with Gasteiger partial charge in [0.25, 0.3) is 0 Å². The first kappa shape index (κ1) is 19.4. The number of fused-ring (bicyclic) bond motifs is 2. The zero-order valence-corrected chi connectivity index (χ0v) is 16.6. The highest BCUT2D eigenvalue weighted by atomic mass is 16.5. The van der Waals surface area contributed by atoms with Gasteiger partial charge in [0.05, 0.1) is 24.6 Å². The van der Waals surface area contributed by atoms with Gasteiger partial charge in [0.2, 0.25) is 11.8 Å². The predicted octanol–water partition coefficient (Wildman–Crippen LogP) is 3.52. The van der Waals surface area contributed by atoms with E-state index in [0.29, 0.717) is 31.9 Å². The highest BCUT2D eigenvalue weighted by molar-refractivity contribution is 6.07. The van der Waals surface area contributed by atoms with Gasteiger partial charge in [-0.3, -0.25) is 19.4 Å². The molecule has 29 heavy (non-hydrogen) atoms. The molecule has 0 bridgehead atoms. The standard InChI is InChI=1S/C23H25N3O3/c1-17(27)24-20-9-8-19-7-6-18-4-2-3-5-21(18)26(22(19)16-20)23(28)10-11-25-12-14-29-15-13-25/h2-9,16H,10-15H2,1H3,(H,24,27). The molecule has 0 unspecified atom stereocenters. The number of carbonyl (C=O) groups excluding carboxylic acids is 2. The van der Waals surface area contributed by atoms with Crippen molar-refractivity contribution in [3.63, 3.8) is 0 Å². The largest absolute Gasteiger partial charge is 0.379 e. The van der Waals surface area contributed by atoms with Crippen molar-refractivity contribution in [1.82, 2.24) is 4.90 Å². The molecule has 0 spiro atoms. The highest BCUT2D eigenvalue weighted by Crippen LogP contribution is 2.38. The summed E-state index contributed by atoms with van der Waals surface area (Å²) < 4.78 is 5.40. The second kappa shape index (κ2) is 8.59. The number of nitrogens with zero attached hydrogens (tertiary/aromatic N) is 2. The highest BCUT2D eigenvalue weighted by Gasteiger charge is 2.25. The zero-order chi connectivity index (χ0) is 20.2. The molecule has 2 aromatic rings. The second-order valence-electron chi connectivity index (χ2n) is 7.28. The van der Waals surface area contributed by atoms with Crippen LogP contribution in [0.4, 0.5) is 17.1 Å². The quantitative estimate of drug-likeness (QED) is 0.866. The molecule has 150 valence electrons. The maximum absolute atomic E-state index is 13.4. The Kier molecular flexibility index (Phi) is 5.74. The Labute approximate surface area is 170 Å². The molecule has 4 rings (SSSR count). The Morgan fingerprint density at radius 2 is 1.72 bits per heavy atom. The van der Waals surface area contributed by atoms with Gasteiger partial charge in [0.15, 0.2) is 0 Å². The smallest absolute Gasteiger partial charge is 0.232 e. The third kappa shape index (κ3) is 4.39. The molecule has 0 aliphatic carbocycles. The van der Waals surface area contributed by atoms with Crippen molar-refractivity contribution in [3.05, 3.63) is 53.6 Å². The third-order valence-corrected chi connectivity index (χ3v) is 5.21. The van der Waals surface area contributed by atoms with Gasteiger partial charge in [-0.05, 0) is 29.3 Å². The van der Waals surface area contributed by atoms with Crippen LogP contribution in [0, 0.1) is 0 Å². The molecule has 6 nitrogen and oxygen atoms in total. The molecule has 2 heterocycles. The molecule has 6 heteroatoms. The van der Waals surface area contributed by atoms with E-state index < -0.39 is 0 Å². The first-order valence-electron chi connectivity index (χ1n) is 9.93. The minimum atomic E-state index is -0.139. The lowest BCUT2D eigenvalue weighted by Crippen LogP contribution is -2.39. The van der Waals surface area contributed by atoms with Crippen LogP contribution < -0.4 is 10.2 Å². The Morgan fingerprint density at radius 1 is 1.00 bits per heavy atom. The fourth-order valence-electron chi connectivity index (χ4n) is 3.76. The summed E-state index contributed by atoms with van der Waals surface area (Å²) in [5.74, 6) is -0.103. The van der Waals surface area contributed by atoms with E-state index in [1.807, 2.05) is 54.6 Å². The Morgan fingerprint density at radius 3 is 2.48 bits per heavy atom. The van der Waals surface area contributed by atoms with Crippen molar-refractivity contribution in [2.24, 2.45) is 0 Å². The summed E-state index contributed by atoms with van der Waals surface area (Å²) in [5, 5.41) is 2.82. The van der Waals surface area contributed by atoms with Crippen LogP contribution in [0.5, 0.6) is 0 Å². The van der Waals surface area contributed by atoms with Crippen LogP contribution in [0.1, 0.15) is 24.5 Å². The van der Waals surface area contributed by atoms with Crippen molar-refractivity contribution in [1.29, 1.82) is 0 Å². The van der Waals surface area contributed by atoms with Crippen molar-refractivity contribution in [2.75, 3.05) is 43.1 Å². The number of anilines is 3. The summed E-state index contributed by atoms with van der Waals surface area (Å²) in [6.45, 7) is 5.33. The van der Waals surface area contributed by atoms with E-state index in [1.54, 1.807) is 4.90 Å². The topological polar surface area (TPSA) is 61.9 Å². The molecule has 1 N–H and O–H groups in total. The lowest BCUT2D eigenvalue weighted by molar-refractivity contribution is -0.118. The van der Waals surface area contributed by atoms with Gasteiger partial charge in [-0.2, -0.15) is 0 Å². The average Bonchev–Trinajstić information content (AvgIpc) is 2.89. The van der Waals surface area contributed by atoms with Gasteiger partial charge in [0.1, 0.15) is 0 Å². The fourth-order valence-corrected chi connectivity index (χ4v) is 3.76. The van der Waals surface area contributed by atoms with Crippen LogP contribution in [0.25, 0.3) is 12.2 Å². The molecule has 0 aromatic heterocycles. The SMILES string of the molecule is CC(=O)Nc1ccc2c(c1)N(C(=O)CCN1CCOCC1)c1ccccc1C=C2. The number of benzene rings is 2. The fraction of sp³-hybridized carbons (Fsp3) is 0.304. The maximum Gasteiger partial charge on any atom is 0.232 e. The van der Waals surface area contributed by atoms with E-state index in [0.717, 1.165) is 35.6 Å². The van der Waals surface area contributed by atoms with Crippen molar-refractivity contribution in [3.8, 4) is 0 Å². The number of amides is 2. The molecule has 0 saturated carbocycles. The Hall–Kier alpha value is -2.96. The Bertz CT molecular complexity index is 948. The first-order valence-corrected chi connectivity index (χ1v) is 9.93. The van der Waals surface area contributed by atoms with Crippen LogP contribution in [0.3, 0.4) is 0 Å². The third-order valence-electron chi connectivity index (χ3n) is 5.21. The summed E-state index contributed by atoms with van der Waals surface area (Å²) in [7, 11) is 0. The van der Waals surface area contributed by atoms with E-state index in [-0.39, 0.29) is 11.8 Å². The van der Waals surface area contributed by atoms with E-state index in [4.69, 9.17) is 4.74 Å². The van der Waals surface area contributed by atoms with E-state index in [9.17, 15) is 9.59 Å². The van der Waals surface area contributed by atoms with Crippen LogP contribution in [-0.2, 0) is 14.3 Å². The van der Waals surface area contributed by atoms with E-state index in [2.05, 4.69) is 10.2 Å². The normalized spacial score (nSPS) is 16.0. The van der Waals surface area contributed by atoms with E-state index >= 15 is 0 Å². The van der Waals surface area contributed by atoms with Gasteiger partial charge < -0.3 is 10.1 Å². The number of para-hydroxylation sites is 1. The molecule has 2 aromatic carbocycles. The van der Waals surface area contributed by atoms with Crippen LogP contribution in [-0.4, -0.2) is 49.6 Å². The molecule has 0 radical (unpaired) electrons. The lowest BCUT2D eigenvalue weighted by Gasteiger charge is -2.29. The molecule has 0 atom stereocenters. The van der Waals surface area contributed by atoms with Crippen molar-refractivity contribution >= 4 is 41.0 Å². The number of morpholine rings is 1. The summed E-state index contributed by atoms with van der Waals surface area (Å²) in [6.07, 6.45) is 4.46. The monoisotopic (exact) mass is 391 g/mol. The second-order valence-corrected chi connectivity index (χ2v) is 7.28. The van der Waals surface area contributed by atoms with E-state index in [1.165, 1.54) is 6.92 Å². The number of hydrogen-bond donors (Lipinski definition) is 1. The molecule has 2 aliphatic heterocycles. The molecule has 1 saturated heterocycles. The molecule has 2 aliphatic rings.